The smallest absolute Gasteiger partial charge is 0.0777 e. The summed E-state index contributed by atoms with van der Waals surface area (Å²) in [5, 5.41) is 19.3. The average molecular weight is 296 g/mol. The minimum absolute atomic E-state index is 0.175. The van der Waals surface area contributed by atoms with Gasteiger partial charge in [-0.15, -0.1) is 0 Å². The largest absolute Gasteiger partial charge is 0.394 e. The van der Waals surface area contributed by atoms with E-state index in [1.54, 1.807) is 0 Å². The van der Waals surface area contributed by atoms with Gasteiger partial charge < -0.3 is 10.2 Å². The van der Waals surface area contributed by atoms with Crippen molar-refractivity contribution in [2.24, 2.45) is 0 Å². The van der Waals surface area contributed by atoms with Crippen LogP contribution in [-0.4, -0.2) is 22.9 Å². The van der Waals surface area contributed by atoms with E-state index >= 15 is 0 Å². The second kappa shape index (κ2) is 6.23. The maximum Gasteiger partial charge on any atom is 0.0777 e. The zero-order valence-electron chi connectivity index (χ0n) is 13.3. The van der Waals surface area contributed by atoms with Crippen LogP contribution in [0.1, 0.15) is 53.0 Å². The highest BCUT2D eigenvalue weighted by molar-refractivity contribution is 5.46. The number of benzene rings is 2. The van der Waals surface area contributed by atoms with Crippen LogP contribution in [0, 0.1) is 6.92 Å². The molecule has 2 aromatic carbocycles. The van der Waals surface area contributed by atoms with E-state index in [2.05, 4.69) is 56.3 Å². The van der Waals surface area contributed by atoms with Gasteiger partial charge in [-0.25, -0.2) is 0 Å². The number of fused-ring (bicyclic) bond motifs is 2. The minimum Gasteiger partial charge on any atom is -0.394 e. The molecule has 116 valence electrons. The maximum absolute atomic E-state index is 10.00. The highest BCUT2D eigenvalue weighted by atomic mass is 16.3. The molecule has 0 bridgehead atoms. The quantitative estimate of drug-likeness (QED) is 0.909. The molecule has 0 aliphatic heterocycles. The summed E-state index contributed by atoms with van der Waals surface area (Å²) in [6.45, 7) is 4.20. The van der Waals surface area contributed by atoms with Gasteiger partial charge in [-0.1, -0.05) is 55.0 Å². The van der Waals surface area contributed by atoms with Crippen LogP contribution in [0.5, 0.6) is 0 Å². The number of hydrogen-bond acceptors (Lipinski definition) is 2. The van der Waals surface area contributed by atoms with Gasteiger partial charge in [0.2, 0.25) is 0 Å². The van der Waals surface area contributed by atoms with Crippen LogP contribution >= 0.6 is 0 Å². The highest BCUT2D eigenvalue weighted by Crippen LogP contribution is 2.43. The molecule has 2 heteroatoms. The summed E-state index contributed by atoms with van der Waals surface area (Å²) in [5.74, 6) is 0.571. The van der Waals surface area contributed by atoms with Gasteiger partial charge in [-0.3, -0.25) is 0 Å². The second-order valence-electron chi connectivity index (χ2n) is 6.55. The SMILES string of the molecule is Cc1ccc2c(c1)[C@@H](C)[C@@H](C[C@H](O)CO)c1ccccc1C2. The Morgan fingerprint density at radius 1 is 1.09 bits per heavy atom. The molecule has 0 radical (unpaired) electrons. The number of aryl methyl sites for hydroxylation is 1. The van der Waals surface area contributed by atoms with Crippen LogP contribution in [0.15, 0.2) is 42.5 Å². The molecule has 0 saturated carbocycles. The fraction of sp³-hybridized carbons (Fsp3) is 0.400. The Hall–Kier alpha value is -1.64. The van der Waals surface area contributed by atoms with E-state index < -0.39 is 6.10 Å². The predicted molar refractivity (Wildman–Crippen MR) is 89.3 cm³/mol. The molecule has 2 N–H and O–H groups in total. The Kier molecular flexibility index (Phi) is 4.32. The van der Waals surface area contributed by atoms with E-state index in [1.807, 2.05) is 0 Å². The summed E-state index contributed by atoms with van der Waals surface area (Å²) >= 11 is 0. The van der Waals surface area contributed by atoms with Crippen LogP contribution in [0.2, 0.25) is 0 Å². The Morgan fingerprint density at radius 3 is 2.59 bits per heavy atom. The van der Waals surface area contributed by atoms with Gasteiger partial charge in [0.1, 0.15) is 0 Å². The van der Waals surface area contributed by atoms with Gasteiger partial charge in [-0.05, 0) is 53.9 Å². The number of rotatable bonds is 3. The summed E-state index contributed by atoms with van der Waals surface area (Å²) in [7, 11) is 0. The molecule has 0 aromatic heterocycles. The van der Waals surface area contributed by atoms with Crippen molar-refractivity contribution in [3.63, 3.8) is 0 Å². The Bertz CT molecular complexity index is 663. The zero-order valence-corrected chi connectivity index (χ0v) is 13.3. The average Bonchev–Trinajstić information content (AvgIpc) is 2.64. The third-order valence-corrected chi connectivity index (χ3v) is 4.97. The van der Waals surface area contributed by atoms with Crippen LogP contribution in [0.4, 0.5) is 0 Å². The summed E-state index contributed by atoms with van der Waals surface area (Å²) in [4.78, 5) is 0. The normalized spacial score (nSPS) is 21.6. The molecule has 1 aliphatic carbocycles. The molecule has 2 aromatic rings. The van der Waals surface area contributed by atoms with E-state index in [0.29, 0.717) is 12.3 Å². The highest BCUT2D eigenvalue weighted by Gasteiger charge is 2.29. The maximum atomic E-state index is 10.00. The molecule has 22 heavy (non-hydrogen) atoms. The molecule has 1 aliphatic rings. The standard InChI is InChI=1S/C20H24O2/c1-13-7-8-16-10-15-5-3-4-6-18(15)20(11-17(22)12-21)14(2)19(16)9-13/h3-9,14,17,20-22H,10-12H2,1-2H3/t14-,17+,20-/m1/s1. The molecule has 2 nitrogen and oxygen atoms in total. The van der Waals surface area contributed by atoms with Gasteiger partial charge in [0, 0.05) is 0 Å². The molecule has 0 spiro atoms. The Labute approximate surface area is 132 Å². The van der Waals surface area contributed by atoms with Gasteiger partial charge in [0.05, 0.1) is 12.7 Å². The first kappa shape index (κ1) is 15.3. The summed E-state index contributed by atoms with van der Waals surface area (Å²) in [6.07, 6.45) is 0.885. The molecule has 0 amide bonds. The molecule has 0 fully saturated rings. The predicted octanol–water partition coefficient (Wildman–Crippen LogP) is 3.53. The molecule has 0 heterocycles. The van der Waals surface area contributed by atoms with Crippen molar-refractivity contribution < 1.29 is 10.2 Å². The van der Waals surface area contributed by atoms with Crippen LogP contribution in [0.25, 0.3) is 0 Å². The van der Waals surface area contributed by atoms with Crippen molar-refractivity contribution in [2.75, 3.05) is 6.61 Å². The zero-order chi connectivity index (χ0) is 15.7. The second-order valence-corrected chi connectivity index (χ2v) is 6.55. The summed E-state index contributed by atoms with van der Waals surface area (Å²) in [6, 6.07) is 15.2. The van der Waals surface area contributed by atoms with Crippen molar-refractivity contribution >= 4 is 0 Å². The Balaban J connectivity index is 2.11. The van der Waals surface area contributed by atoms with Crippen molar-refractivity contribution in [1.29, 1.82) is 0 Å². The van der Waals surface area contributed by atoms with Crippen molar-refractivity contribution in [1.82, 2.24) is 0 Å². The van der Waals surface area contributed by atoms with Gasteiger partial charge in [0.15, 0.2) is 0 Å². The van der Waals surface area contributed by atoms with Gasteiger partial charge in [-0.2, -0.15) is 0 Å². The van der Waals surface area contributed by atoms with E-state index in [1.165, 1.54) is 27.8 Å². The fourth-order valence-electron chi connectivity index (χ4n) is 3.75. The first-order valence-electron chi connectivity index (χ1n) is 8.06. The lowest BCUT2D eigenvalue weighted by molar-refractivity contribution is 0.0801. The van der Waals surface area contributed by atoms with Gasteiger partial charge in [0.25, 0.3) is 0 Å². The third kappa shape index (κ3) is 2.81. The first-order valence-corrected chi connectivity index (χ1v) is 8.06. The van der Waals surface area contributed by atoms with Crippen LogP contribution in [-0.2, 0) is 6.42 Å². The first-order chi connectivity index (χ1) is 10.6. The monoisotopic (exact) mass is 296 g/mol. The lowest BCUT2D eigenvalue weighted by atomic mass is 9.79. The number of aliphatic hydroxyl groups is 2. The molecule has 0 unspecified atom stereocenters. The topological polar surface area (TPSA) is 40.5 Å². The molecule has 3 rings (SSSR count). The van der Waals surface area contributed by atoms with Crippen LogP contribution < -0.4 is 0 Å². The van der Waals surface area contributed by atoms with Crippen molar-refractivity contribution in [3.8, 4) is 0 Å². The van der Waals surface area contributed by atoms with Crippen molar-refractivity contribution in [2.45, 2.75) is 44.6 Å². The molecule has 3 atom stereocenters. The molecular formula is C20H24O2. The lowest BCUT2D eigenvalue weighted by Crippen LogP contribution is -2.20. The fourth-order valence-corrected chi connectivity index (χ4v) is 3.75. The van der Waals surface area contributed by atoms with E-state index in [9.17, 15) is 10.2 Å². The van der Waals surface area contributed by atoms with E-state index in [4.69, 9.17) is 0 Å². The lowest BCUT2D eigenvalue weighted by Gasteiger charge is -2.27. The van der Waals surface area contributed by atoms with E-state index in [-0.39, 0.29) is 12.5 Å². The van der Waals surface area contributed by atoms with Crippen molar-refractivity contribution in [3.05, 3.63) is 70.3 Å². The van der Waals surface area contributed by atoms with E-state index in [0.717, 1.165) is 6.42 Å². The Morgan fingerprint density at radius 2 is 1.82 bits per heavy atom. The molecular weight excluding hydrogens is 272 g/mol. The molecule has 0 saturated heterocycles. The van der Waals surface area contributed by atoms with Gasteiger partial charge >= 0.3 is 0 Å². The summed E-state index contributed by atoms with van der Waals surface area (Å²) in [5.41, 5.74) is 6.69. The number of aliphatic hydroxyl groups excluding tert-OH is 2. The van der Waals surface area contributed by atoms with Crippen LogP contribution in [0.3, 0.4) is 0 Å². The number of hydrogen-bond donors (Lipinski definition) is 2. The third-order valence-electron chi connectivity index (χ3n) is 4.97. The minimum atomic E-state index is -0.660. The summed E-state index contributed by atoms with van der Waals surface area (Å²) < 4.78 is 0.